The Kier molecular flexibility index (Phi) is 3.88. The third kappa shape index (κ3) is 2.87. The second-order valence-corrected chi connectivity index (χ2v) is 4.19. The number of nitrogens with zero attached hydrogens (tertiary/aromatic N) is 2. The molecule has 0 aliphatic rings. The number of benzene rings is 1. The molecule has 2 aromatic rings. The fourth-order valence-corrected chi connectivity index (χ4v) is 1.81. The van der Waals surface area contributed by atoms with E-state index < -0.39 is 22.2 Å². The number of anilines is 1. The Morgan fingerprint density at radius 3 is 2.75 bits per heavy atom. The van der Waals surface area contributed by atoms with Crippen molar-refractivity contribution in [2.75, 3.05) is 5.32 Å². The summed E-state index contributed by atoms with van der Waals surface area (Å²) in [5.41, 5.74) is -0.238. The van der Waals surface area contributed by atoms with Gasteiger partial charge in [-0.05, 0) is 18.6 Å². The number of rotatable bonds is 4. The van der Waals surface area contributed by atoms with Gasteiger partial charge in [-0.3, -0.25) is 15.1 Å². The van der Waals surface area contributed by atoms with Crippen LogP contribution < -0.4 is 5.32 Å². The Balaban J connectivity index is 2.36. The molecule has 5 nitrogen and oxygen atoms in total. The Bertz CT molecular complexity index is 635. The molecule has 0 spiro atoms. The van der Waals surface area contributed by atoms with Crippen LogP contribution in [0, 0.1) is 21.7 Å². The molecule has 1 heterocycles. The highest BCUT2D eigenvalue weighted by atomic mass is 19.1. The number of hydrogen-bond acceptors (Lipinski definition) is 4. The van der Waals surface area contributed by atoms with Crippen LogP contribution in [0.2, 0.25) is 0 Å². The van der Waals surface area contributed by atoms with Crippen LogP contribution in [0.25, 0.3) is 0 Å². The van der Waals surface area contributed by atoms with Gasteiger partial charge in [-0.2, -0.15) is 4.39 Å². The molecule has 0 radical (unpaired) electrons. The first kappa shape index (κ1) is 13.9. The van der Waals surface area contributed by atoms with Crippen LogP contribution in [0.5, 0.6) is 0 Å². The predicted octanol–water partition coefficient (Wildman–Crippen LogP) is 3.44. The van der Waals surface area contributed by atoms with Crippen LogP contribution in [0.4, 0.5) is 20.2 Å². The summed E-state index contributed by atoms with van der Waals surface area (Å²) in [6.07, 6.45) is 3.15. The first-order valence-electron chi connectivity index (χ1n) is 5.79. The maximum atomic E-state index is 13.5. The number of nitro benzene ring substituents is 1. The highest BCUT2D eigenvalue weighted by Crippen LogP contribution is 2.31. The molecule has 1 aromatic heterocycles. The largest absolute Gasteiger partial charge is 0.373 e. The van der Waals surface area contributed by atoms with Crippen molar-refractivity contribution in [1.82, 2.24) is 4.98 Å². The molecule has 7 heteroatoms. The van der Waals surface area contributed by atoms with E-state index in [1.165, 1.54) is 0 Å². The van der Waals surface area contributed by atoms with Crippen molar-refractivity contribution in [3.05, 3.63) is 64.0 Å². The maximum Gasteiger partial charge on any atom is 0.327 e. The molecular formula is C13H11F2N3O2. The molecule has 1 unspecified atom stereocenters. The summed E-state index contributed by atoms with van der Waals surface area (Å²) in [6, 6.07) is 4.45. The lowest BCUT2D eigenvalue weighted by atomic mass is 10.1. The quantitative estimate of drug-likeness (QED) is 0.687. The third-order valence-electron chi connectivity index (χ3n) is 2.77. The number of halogens is 2. The molecule has 0 saturated heterocycles. The summed E-state index contributed by atoms with van der Waals surface area (Å²) >= 11 is 0. The Morgan fingerprint density at radius 2 is 2.15 bits per heavy atom. The number of nitrogens with one attached hydrogen (secondary N) is 1. The molecule has 0 aliphatic carbocycles. The van der Waals surface area contributed by atoms with Crippen molar-refractivity contribution in [3.63, 3.8) is 0 Å². The Labute approximate surface area is 113 Å². The smallest absolute Gasteiger partial charge is 0.327 e. The van der Waals surface area contributed by atoms with Gasteiger partial charge in [-0.15, -0.1) is 0 Å². The number of aromatic nitrogens is 1. The maximum absolute atomic E-state index is 13.5. The highest BCUT2D eigenvalue weighted by molar-refractivity contribution is 5.63. The summed E-state index contributed by atoms with van der Waals surface area (Å²) in [6.45, 7) is 1.71. The van der Waals surface area contributed by atoms with Gasteiger partial charge in [0.1, 0.15) is 11.5 Å². The standard InChI is InChI=1S/C13H11F2N3O2/c1-8(9-3-2-4-16-7-9)17-12-6-10(14)5-11(15)13(12)18(19)20/h2-8,17H,1H3. The molecule has 20 heavy (non-hydrogen) atoms. The van der Waals surface area contributed by atoms with Crippen molar-refractivity contribution < 1.29 is 13.7 Å². The third-order valence-corrected chi connectivity index (χ3v) is 2.77. The summed E-state index contributed by atoms with van der Waals surface area (Å²) < 4.78 is 26.7. The van der Waals surface area contributed by atoms with Gasteiger partial charge in [-0.1, -0.05) is 6.07 Å². The predicted molar refractivity (Wildman–Crippen MR) is 69.3 cm³/mol. The first-order valence-corrected chi connectivity index (χ1v) is 5.79. The number of hydrogen-bond donors (Lipinski definition) is 1. The van der Waals surface area contributed by atoms with Gasteiger partial charge in [0.15, 0.2) is 0 Å². The second kappa shape index (κ2) is 5.60. The summed E-state index contributed by atoms with van der Waals surface area (Å²) in [5.74, 6) is -2.09. The first-order chi connectivity index (χ1) is 9.49. The van der Waals surface area contributed by atoms with Gasteiger partial charge in [-0.25, -0.2) is 4.39 Å². The van der Waals surface area contributed by atoms with E-state index in [1.54, 1.807) is 31.5 Å². The van der Waals surface area contributed by atoms with Crippen molar-refractivity contribution in [2.24, 2.45) is 0 Å². The molecule has 1 aromatic carbocycles. The molecule has 2 rings (SSSR count). The van der Waals surface area contributed by atoms with Gasteiger partial charge in [0, 0.05) is 24.5 Å². The molecule has 0 amide bonds. The zero-order chi connectivity index (χ0) is 14.7. The van der Waals surface area contributed by atoms with E-state index >= 15 is 0 Å². The SMILES string of the molecule is CC(Nc1cc(F)cc(F)c1[N+](=O)[O-])c1cccnc1. The lowest BCUT2D eigenvalue weighted by Gasteiger charge is -2.15. The lowest BCUT2D eigenvalue weighted by molar-refractivity contribution is -0.386. The van der Waals surface area contributed by atoms with E-state index in [4.69, 9.17) is 0 Å². The van der Waals surface area contributed by atoms with Crippen LogP contribution in [-0.4, -0.2) is 9.91 Å². The minimum absolute atomic E-state index is 0.205. The molecular weight excluding hydrogens is 268 g/mol. The Hall–Kier alpha value is -2.57. The van der Waals surface area contributed by atoms with Crippen LogP contribution in [0.15, 0.2) is 36.7 Å². The summed E-state index contributed by atoms with van der Waals surface area (Å²) in [5, 5.41) is 13.6. The number of nitro groups is 1. The van der Waals surface area contributed by atoms with E-state index in [0.717, 1.165) is 11.6 Å². The van der Waals surface area contributed by atoms with E-state index in [0.29, 0.717) is 6.07 Å². The van der Waals surface area contributed by atoms with Crippen molar-refractivity contribution in [1.29, 1.82) is 0 Å². The van der Waals surface area contributed by atoms with E-state index in [2.05, 4.69) is 10.3 Å². The van der Waals surface area contributed by atoms with Crippen LogP contribution >= 0.6 is 0 Å². The summed E-state index contributed by atoms with van der Waals surface area (Å²) in [7, 11) is 0. The zero-order valence-electron chi connectivity index (χ0n) is 10.5. The molecule has 0 fully saturated rings. The van der Waals surface area contributed by atoms with Crippen LogP contribution in [-0.2, 0) is 0 Å². The van der Waals surface area contributed by atoms with Gasteiger partial charge >= 0.3 is 5.69 Å². The Morgan fingerprint density at radius 1 is 1.40 bits per heavy atom. The molecule has 0 aliphatic heterocycles. The van der Waals surface area contributed by atoms with E-state index in [-0.39, 0.29) is 11.7 Å². The normalized spacial score (nSPS) is 11.9. The average molecular weight is 279 g/mol. The van der Waals surface area contributed by atoms with Crippen molar-refractivity contribution in [2.45, 2.75) is 13.0 Å². The monoisotopic (exact) mass is 279 g/mol. The van der Waals surface area contributed by atoms with Crippen molar-refractivity contribution >= 4 is 11.4 Å². The highest BCUT2D eigenvalue weighted by Gasteiger charge is 2.23. The van der Waals surface area contributed by atoms with Crippen LogP contribution in [0.1, 0.15) is 18.5 Å². The molecule has 0 bridgehead atoms. The molecule has 1 N–H and O–H groups in total. The van der Waals surface area contributed by atoms with Gasteiger partial charge in [0.25, 0.3) is 0 Å². The zero-order valence-corrected chi connectivity index (χ0v) is 10.5. The average Bonchev–Trinajstić information content (AvgIpc) is 2.38. The van der Waals surface area contributed by atoms with Crippen LogP contribution in [0.3, 0.4) is 0 Å². The lowest BCUT2D eigenvalue weighted by Crippen LogP contribution is -2.10. The molecule has 0 saturated carbocycles. The minimum atomic E-state index is -1.21. The minimum Gasteiger partial charge on any atom is -0.373 e. The fourth-order valence-electron chi connectivity index (χ4n) is 1.81. The van der Waals surface area contributed by atoms with Crippen molar-refractivity contribution in [3.8, 4) is 0 Å². The summed E-state index contributed by atoms with van der Waals surface area (Å²) in [4.78, 5) is 13.9. The van der Waals surface area contributed by atoms with Gasteiger partial charge in [0.2, 0.25) is 5.82 Å². The van der Waals surface area contributed by atoms with Gasteiger partial charge in [0.05, 0.1) is 11.0 Å². The van der Waals surface area contributed by atoms with E-state index in [9.17, 15) is 18.9 Å². The fraction of sp³-hybridized carbons (Fsp3) is 0.154. The molecule has 104 valence electrons. The van der Waals surface area contributed by atoms with Gasteiger partial charge < -0.3 is 5.32 Å². The second-order valence-electron chi connectivity index (χ2n) is 4.19. The topological polar surface area (TPSA) is 68.1 Å². The van der Waals surface area contributed by atoms with E-state index in [1.807, 2.05) is 0 Å². The molecule has 1 atom stereocenters. The number of pyridine rings is 1.